The Bertz CT molecular complexity index is 221. The molecule has 0 aromatic carbocycles. The van der Waals surface area contributed by atoms with Gasteiger partial charge in [-0.25, -0.2) is 0 Å². The minimum absolute atomic E-state index is 0.190. The van der Waals surface area contributed by atoms with Crippen LogP contribution in [-0.4, -0.2) is 31.3 Å². The molecule has 0 aromatic rings. The Kier molecular flexibility index (Phi) is 7.39. The van der Waals surface area contributed by atoms with Crippen molar-refractivity contribution in [2.45, 2.75) is 46.6 Å². The molecule has 0 aliphatic heterocycles. The van der Waals surface area contributed by atoms with Gasteiger partial charge in [-0.05, 0) is 33.1 Å². The van der Waals surface area contributed by atoms with Crippen LogP contribution in [0.2, 0.25) is 0 Å². The van der Waals surface area contributed by atoms with Gasteiger partial charge in [0.1, 0.15) is 6.61 Å². The van der Waals surface area contributed by atoms with Crippen molar-refractivity contribution in [3.63, 3.8) is 0 Å². The van der Waals surface area contributed by atoms with E-state index in [2.05, 4.69) is 13.8 Å². The van der Waals surface area contributed by atoms with Crippen LogP contribution >= 0.6 is 0 Å². The lowest BCUT2D eigenvalue weighted by Crippen LogP contribution is -2.29. The van der Waals surface area contributed by atoms with Crippen molar-refractivity contribution in [3.05, 3.63) is 0 Å². The smallest absolute Gasteiger partial charge is 0.310 e. The molecule has 0 radical (unpaired) electrons. The third-order valence-corrected chi connectivity index (χ3v) is 2.24. The van der Waals surface area contributed by atoms with Crippen LogP contribution in [0.3, 0.4) is 0 Å². The molecule has 0 bridgehead atoms. The number of rotatable bonds is 7. The van der Waals surface area contributed by atoms with Crippen LogP contribution in [0, 0.1) is 11.8 Å². The Morgan fingerprint density at radius 2 is 1.82 bits per heavy atom. The van der Waals surface area contributed by atoms with Crippen molar-refractivity contribution in [2.75, 3.05) is 19.8 Å². The van der Waals surface area contributed by atoms with Crippen LogP contribution < -0.4 is 5.73 Å². The number of carbonyl (C=O) groups excluding carboxylic acids is 1. The lowest BCUT2D eigenvalue weighted by molar-refractivity contribution is -0.151. The molecule has 4 heteroatoms. The Morgan fingerprint density at radius 1 is 1.24 bits per heavy atom. The lowest BCUT2D eigenvalue weighted by Gasteiger charge is -2.20. The molecule has 0 aliphatic rings. The highest BCUT2D eigenvalue weighted by atomic mass is 16.6. The van der Waals surface area contributed by atoms with Crippen LogP contribution in [-0.2, 0) is 14.3 Å². The fraction of sp³-hybridized carbons (Fsp3) is 0.923. The first-order valence-corrected chi connectivity index (χ1v) is 6.27. The van der Waals surface area contributed by atoms with E-state index in [4.69, 9.17) is 15.2 Å². The zero-order valence-electron chi connectivity index (χ0n) is 11.8. The van der Waals surface area contributed by atoms with Crippen molar-refractivity contribution in [3.8, 4) is 0 Å². The van der Waals surface area contributed by atoms with Gasteiger partial charge >= 0.3 is 5.97 Å². The van der Waals surface area contributed by atoms with Crippen molar-refractivity contribution in [1.29, 1.82) is 0 Å². The second-order valence-corrected chi connectivity index (χ2v) is 5.69. The summed E-state index contributed by atoms with van der Waals surface area (Å²) < 4.78 is 10.6. The van der Waals surface area contributed by atoms with Crippen LogP contribution in [0.1, 0.15) is 41.0 Å². The zero-order chi connectivity index (χ0) is 13.5. The van der Waals surface area contributed by atoms with E-state index in [0.717, 1.165) is 6.42 Å². The van der Waals surface area contributed by atoms with Crippen LogP contribution in [0.4, 0.5) is 0 Å². The molecular formula is C13H27NO3. The van der Waals surface area contributed by atoms with E-state index in [9.17, 15) is 4.79 Å². The largest absolute Gasteiger partial charge is 0.463 e. The molecule has 0 rings (SSSR count). The molecule has 0 heterocycles. The summed E-state index contributed by atoms with van der Waals surface area (Å²) in [5.41, 5.74) is 5.37. The summed E-state index contributed by atoms with van der Waals surface area (Å²) in [6.45, 7) is 11.1. The fourth-order valence-corrected chi connectivity index (χ4v) is 1.47. The Labute approximate surface area is 105 Å². The number of hydrogen-bond donors (Lipinski definition) is 1. The van der Waals surface area contributed by atoms with Gasteiger partial charge < -0.3 is 15.2 Å². The first-order chi connectivity index (χ1) is 7.76. The predicted molar refractivity (Wildman–Crippen MR) is 68.7 cm³/mol. The molecule has 4 nitrogen and oxygen atoms in total. The van der Waals surface area contributed by atoms with E-state index in [1.807, 2.05) is 20.8 Å². The average molecular weight is 245 g/mol. The highest BCUT2D eigenvalue weighted by molar-refractivity contribution is 5.72. The molecule has 0 saturated heterocycles. The number of ether oxygens (including phenoxy) is 2. The van der Waals surface area contributed by atoms with E-state index >= 15 is 0 Å². The molecule has 0 aliphatic carbocycles. The summed E-state index contributed by atoms with van der Waals surface area (Å²) in [5, 5.41) is 0. The Morgan fingerprint density at radius 3 is 2.24 bits per heavy atom. The standard InChI is InChI=1S/C13H27NO3/c1-10(2)8-11(9-14)12(15)16-6-7-17-13(3,4)5/h10-11H,6-9,14H2,1-5H3. The van der Waals surface area contributed by atoms with Gasteiger partial charge in [0.2, 0.25) is 0 Å². The van der Waals surface area contributed by atoms with Crippen molar-refractivity contribution >= 4 is 5.97 Å². The van der Waals surface area contributed by atoms with E-state index in [-0.39, 0.29) is 17.5 Å². The maximum absolute atomic E-state index is 11.7. The zero-order valence-corrected chi connectivity index (χ0v) is 11.8. The summed E-state index contributed by atoms with van der Waals surface area (Å²) >= 11 is 0. The van der Waals surface area contributed by atoms with Gasteiger partial charge in [-0.15, -0.1) is 0 Å². The van der Waals surface area contributed by atoms with Crippen LogP contribution in [0.5, 0.6) is 0 Å². The van der Waals surface area contributed by atoms with Gasteiger partial charge in [-0.1, -0.05) is 13.8 Å². The SMILES string of the molecule is CC(C)CC(CN)C(=O)OCCOC(C)(C)C. The molecule has 0 amide bonds. The van der Waals surface area contributed by atoms with E-state index in [1.54, 1.807) is 0 Å². The number of carbonyl (C=O) groups is 1. The minimum Gasteiger partial charge on any atom is -0.463 e. The summed E-state index contributed by atoms with van der Waals surface area (Å²) in [6, 6.07) is 0. The molecule has 0 spiro atoms. The summed E-state index contributed by atoms with van der Waals surface area (Å²) in [7, 11) is 0. The molecule has 1 atom stereocenters. The summed E-state index contributed by atoms with van der Waals surface area (Å²) in [4.78, 5) is 11.7. The first-order valence-electron chi connectivity index (χ1n) is 6.27. The quantitative estimate of drug-likeness (QED) is 0.550. The van der Waals surface area contributed by atoms with Crippen LogP contribution in [0.25, 0.3) is 0 Å². The normalized spacial score (nSPS) is 13.8. The van der Waals surface area contributed by atoms with E-state index in [1.165, 1.54) is 0 Å². The summed E-state index contributed by atoms with van der Waals surface area (Å²) in [5.74, 6) is 0.0465. The monoisotopic (exact) mass is 245 g/mol. The molecule has 0 aromatic heterocycles. The van der Waals surface area contributed by atoms with E-state index < -0.39 is 0 Å². The number of esters is 1. The van der Waals surface area contributed by atoms with Crippen molar-refractivity contribution < 1.29 is 14.3 Å². The number of hydrogen-bond acceptors (Lipinski definition) is 4. The summed E-state index contributed by atoms with van der Waals surface area (Å²) in [6.07, 6.45) is 0.773. The third-order valence-electron chi connectivity index (χ3n) is 2.24. The van der Waals surface area contributed by atoms with E-state index in [0.29, 0.717) is 25.7 Å². The molecular weight excluding hydrogens is 218 g/mol. The topological polar surface area (TPSA) is 61.6 Å². The second kappa shape index (κ2) is 7.67. The molecule has 0 saturated carbocycles. The maximum atomic E-state index is 11.7. The second-order valence-electron chi connectivity index (χ2n) is 5.69. The minimum atomic E-state index is -0.210. The van der Waals surface area contributed by atoms with Gasteiger partial charge in [-0.3, -0.25) is 4.79 Å². The highest BCUT2D eigenvalue weighted by Crippen LogP contribution is 2.12. The average Bonchev–Trinajstić information content (AvgIpc) is 2.19. The molecule has 0 fully saturated rings. The van der Waals surface area contributed by atoms with Gasteiger partial charge in [0, 0.05) is 6.54 Å². The van der Waals surface area contributed by atoms with Crippen LogP contribution in [0.15, 0.2) is 0 Å². The maximum Gasteiger partial charge on any atom is 0.310 e. The molecule has 1 unspecified atom stereocenters. The van der Waals surface area contributed by atoms with Crippen molar-refractivity contribution in [1.82, 2.24) is 0 Å². The third kappa shape index (κ3) is 9.12. The van der Waals surface area contributed by atoms with Gasteiger partial charge in [0.15, 0.2) is 0 Å². The van der Waals surface area contributed by atoms with Gasteiger partial charge in [0.05, 0.1) is 18.1 Å². The van der Waals surface area contributed by atoms with Gasteiger partial charge in [-0.2, -0.15) is 0 Å². The number of nitrogens with two attached hydrogens (primary N) is 1. The highest BCUT2D eigenvalue weighted by Gasteiger charge is 2.19. The van der Waals surface area contributed by atoms with Crippen molar-refractivity contribution in [2.24, 2.45) is 17.6 Å². The predicted octanol–water partition coefficient (Wildman–Crippen LogP) is 1.97. The molecule has 102 valence electrons. The lowest BCUT2D eigenvalue weighted by atomic mass is 9.97. The van der Waals surface area contributed by atoms with Gasteiger partial charge in [0.25, 0.3) is 0 Å². The first kappa shape index (κ1) is 16.4. The Balaban J connectivity index is 3.83. The fourth-order valence-electron chi connectivity index (χ4n) is 1.47. The Hall–Kier alpha value is -0.610. The molecule has 2 N–H and O–H groups in total. The molecule has 17 heavy (non-hydrogen) atoms.